The van der Waals surface area contributed by atoms with Gasteiger partial charge in [-0.15, -0.1) is 0 Å². The number of methoxy groups -OCH3 is 1. The number of nitrogens with zero attached hydrogens (tertiary/aromatic N) is 1. The molecule has 0 aliphatic rings. The van der Waals surface area contributed by atoms with Gasteiger partial charge in [0.1, 0.15) is 6.10 Å². The number of hydrogen-bond donors (Lipinski definition) is 2. The zero-order valence-electron chi connectivity index (χ0n) is 9.51. The van der Waals surface area contributed by atoms with Crippen LogP contribution >= 0.6 is 0 Å². The number of rotatable bonds is 5. The van der Waals surface area contributed by atoms with E-state index in [0.717, 1.165) is 5.69 Å². The highest BCUT2D eigenvalue weighted by Gasteiger charge is 2.18. The molecule has 5 nitrogen and oxygen atoms in total. The highest BCUT2D eigenvalue weighted by atomic mass is 16.5. The van der Waals surface area contributed by atoms with Crippen LogP contribution < -0.4 is 11.1 Å². The highest BCUT2D eigenvalue weighted by molar-refractivity contribution is 5.81. The number of carbonyl (C=O) groups is 1. The summed E-state index contributed by atoms with van der Waals surface area (Å²) in [6.45, 7) is 2.03. The zero-order chi connectivity index (χ0) is 12.0. The van der Waals surface area contributed by atoms with Gasteiger partial charge in [-0.05, 0) is 19.1 Å². The fourth-order valence-corrected chi connectivity index (χ4v) is 1.32. The van der Waals surface area contributed by atoms with Gasteiger partial charge in [-0.25, -0.2) is 0 Å². The summed E-state index contributed by atoms with van der Waals surface area (Å²) in [5.74, 6) is -0.219. The molecule has 16 heavy (non-hydrogen) atoms. The lowest BCUT2D eigenvalue weighted by Gasteiger charge is -2.17. The number of aromatic nitrogens is 1. The van der Waals surface area contributed by atoms with Gasteiger partial charge in [-0.3, -0.25) is 9.78 Å². The molecule has 88 valence electrons. The summed E-state index contributed by atoms with van der Waals surface area (Å²) in [5, 5.41) is 2.79. The molecule has 1 aromatic rings. The minimum absolute atomic E-state index is 0.155. The average Bonchev–Trinajstić information content (AvgIpc) is 2.31. The van der Waals surface area contributed by atoms with Crippen molar-refractivity contribution in [3.63, 3.8) is 0 Å². The molecule has 1 heterocycles. The van der Waals surface area contributed by atoms with Crippen molar-refractivity contribution in [2.45, 2.75) is 19.1 Å². The first-order valence-electron chi connectivity index (χ1n) is 5.13. The van der Waals surface area contributed by atoms with Crippen molar-refractivity contribution < 1.29 is 9.53 Å². The molecule has 1 rings (SSSR count). The third kappa shape index (κ3) is 3.29. The minimum Gasteiger partial charge on any atom is -0.370 e. The van der Waals surface area contributed by atoms with Crippen LogP contribution in [0, 0.1) is 0 Å². The lowest BCUT2D eigenvalue weighted by atomic mass is 10.2. The molecular weight excluding hydrogens is 206 g/mol. The van der Waals surface area contributed by atoms with Crippen molar-refractivity contribution in [1.82, 2.24) is 10.3 Å². The Morgan fingerprint density at radius 1 is 1.62 bits per heavy atom. The van der Waals surface area contributed by atoms with Crippen LogP contribution in [-0.2, 0) is 9.53 Å². The van der Waals surface area contributed by atoms with Gasteiger partial charge in [-0.2, -0.15) is 0 Å². The number of ether oxygens (including phenoxy) is 1. The maximum Gasteiger partial charge on any atom is 0.250 e. The first kappa shape index (κ1) is 12.6. The minimum atomic E-state index is -0.605. The molecule has 3 N–H and O–H groups in total. The summed E-state index contributed by atoms with van der Waals surface area (Å²) >= 11 is 0. The van der Waals surface area contributed by atoms with Crippen molar-refractivity contribution in [3.05, 3.63) is 30.1 Å². The van der Waals surface area contributed by atoms with Gasteiger partial charge < -0.3 is 15.8 Å². The number of amides is 1. The van der Waals surface area contributed by atoms with Crippen molar-refractivity contribution >= 4 is 5.91 Å². The third-order valence-corrected chi connectivity index (χ3v) is 2.28. The molecule has 0 saturated carbocycles. The van der Waals surface area contributed by atoms with E-state index in [2.05, 4.69) is 10.3 Å². The van der Waals surface area contributed by atoms with E-state index in [1.54, 1.807) is 6.20 Å². The molecule has 1 amide bonds. The molecule has 0 radical (unpaired) electrons. The Balaban J connectivity index is 2.58. The van der Waals surface area contributed by atoms with Crippen LogP contribution in [0.15, 0.2) is 24.4 Å². The lowest BCUT2D eigenvalue weighted by Crippen LogP contribution is -2.41. The molecule has 0 fully saturated rings. The Labute approximate surface area is 95.0 Å². The Morgan fingerprint density at radius 3 is 2.88 bits per heavy atom. The van der Waals surface area contributed by atoms with E-state index in [4.69, 9.17) is 10.5 Å². The number of pyridine rings is 1. The summed E-state index contributed by atoms with van der Waals surface area (Å²) in [5.41, 5.74) is 6.21. The summed E-state index contributed by atoms with van der Waals surface area (Å²) < 4.78 is 4.94. The number of carbonyl (C=O) groups excluding carboxylic acids is 1. The van der Waals surface area contributed by atoms with Crippen LogP contribution in [-0.4, -0.2) is 30.6 Å². The molecule has 0 aromatic carbocycles. The van der Waals surface area contributed by atoms with Crippen LogP contribution in [0.3, 0.4) is 0 Å². The third-order valence-electron chi connectivity index (χ3n) is 2.28. The fourth-order valence-electron chi connectivity index (χ4n) is 1.32. The van der Waals surface area contributed by atoms with Crippen LogP contribution in [0.4, 0.5) is 0 Å². The smallest absolute Gasteiger partial charge is 0.250 e. The quantitative estimate of drug-likeness (QED) is 0.749. The molecule has 1 aromatic heterocycles. The Bertz CT molecular complexity index is 325. The molecule has 0 aliphatic heterocycles. The Kier molecular flexibility index (Phi) is 4.88. The van der Waals surface area contributed by atoms with E-state index in [1.165, 1.54) is 7.11 Å². The first-order valence-corrected chi connectivity index (χ1v) is 5.13. The molecule has 0 spiro atoms. The van der Waals surface area contributed by atoms with Gasteiger partial charge in [0, 0.05) is 19.9 Å². The predicted molar refractivity (Wildman–Crippen MR) is 60.6 cm³/mol. The van der Waals surface area contributed by atoms with Crippen LogP contribution in [0.1, 0.15) is 18.7 Å². The van der Waals surface area contributed by atoms with Crippen LogP contribution in [0.25, 0.3) is 0 Å². The highest BCUT2D eigenvalue weighted by Crippen LogP contribution is 2.08. The van der Waals surface area contributed by atoms with E-state index in [0.29, 0.717) is 0 Å². The van der Waals surface area contributed by atoms with E-state index in [-0.39, 0.29) is 18.5 Å². The molecule has 0 aliphatic carbocycles. The van der Waals surface area contributed by atoms with Crippen molar-refractivity contribution in [2.75, 3.05) is 13.7 Å². The first-order chi connectivity index (χ1) is 7.69. The zero-order valence-corrected chi connectivity index (χ0v) is 9.51. The molecular formula is C11H17N3O2. The van der Waals surface area contributed by atoms with Gasteiger partial charge in [0.15, 0.2) is 0 Å². The largest absolute Gasteiger partial charge is 0.370 e. The van der Waals surface area contributed by atoms with Crippen molar-refractivity contribution in [3.8, 4) is 0 Å². The lowest BCUT2D eigenvalue weighted by molar-refractivity contribution is -0.131. The standard InChI is InChI=1S/C11H17N3O2/c1-8(9-5-3-4-6-13-9)14-11(15)10(7-12)16-2/h3-6,8,10H,7,12H2,1-2H3,(H,14,15)/t8-,10?/m1/s1. The summed E-state index contributed by atoms with van der Waals surface area (Å²) in [7, 11) is 1.46. The summed E-state index contributed by atoms with van der Waals surface area (Å²) in [6.07, 6.45) is 1.08. The molecule has 2 atom stereocenters. The van der Waals surface area contributed by atoms with E-state index < -0.39 is 6.10 Å². The Hall–Kier alpha value is -1.46. The molecule has 5 heteroatoms. The van der Waals surface area contributed by atoms with E-state index in [1.807, 2.05) is 25.1 Å². The van der Waals surface area contributed by atoms with Crippen molar-refractivity contribution in [2.24, 2.45) is 5.73 Å². The monoisotopic (exact) mass is 223 g/mol. The van der Waals surface area contributed by atoms with E-state index in [9.17, 15) is 4.79 Å². The van der Waals surface area contributed by atoms with Gasteiger partial charge in [0.2, 0.25) is 0 Å². The normalized spacial score (nSPS) is 14.2. The number of hydrogen-bond acceptors (Lipinski definition) is 4. The van der Waals surface area contributed by atoms with Gasteiger partial charge in [-0.1, -0.05) is 6.07 Å². The SMILES string of the molecule is COC(CN)C(=O)N[C@H](C)c1ccccn1. The maximum absolute atomic E-state index is 11.6. The Morgan fingerprint density at radius 2 is 2.38 bits per heavy atom. The summed E-state index contributed by atoms with van der Waals surface area (Å²) in [6, 6.07) is 5.41. The molecule has 0 bridgehead atoms. The maximum atomic E-state index is 11.6. The second-order valence-electron chi connectivity index (χ2n) is 3.44. The summed E-state index contributed by atoms with van der Waals surface area (Å²) in [4.78, 5) is 15.8. The molecule has 1 unspecified atom stereocenters. The van der Waals surface area contributed by atoms with Gasteiger partial charge >= 0.3 is 0 Å². The van der Waals surface area contributed by atoms with Crippen LogP contribution in [0.5, 0.6) is 0 Å². The number of nitrogens with two attached hydrogens (primary N) is 1. The van der Waals surface area contributed by atoms with Crippen LogP contribution in [0.2, 0.25) is 0 Å². The average molecular weight is 223 g/mol. The van der Waals surface area contributed by atoms with Crippen molar-refractivity contribution in [1.29, 1.82) is 0 Å². The topological polar surface area (TPSA) is 77.2 Å². The van der Waals surface area contributed by atoms with E-state index >= 15 is 0 Å². The predicted octanol–water partition coefficient (Wildman–Crippen LogP) is 0.232. The van der Waals surface area contributed by atoms with Gasteiger partial charge in [0.05, 0.1) is 11.7 Å². The fraction of sp³-hybridized carbons (Fsp3) is 0.455. The second-order valence-corrected chi connectivity index (χ2v) is 3.44. The molecule has 0 saturated heterocycles. The second kappa shape index (κ2) is 6.19. The van der Waals surface area contributed by atoms with Gasteiger partial charge in [0.25, 0.3) is 5.91 Å². The number of nitrogens with one attached hydrogen (secondary N) is 1.